The highest BCUT2D eigenvalue weighted by molar-refractivity contribution is 6.01. The Kier molecular flexibility index (Phi) is 4.43. The minimum atomic E-state index is -3.04. The maximum absolute atomic E-state index is 12.8. The number of carbonyl (C=O) groups excluding carboxylic acids is 2. The summed E-state index contributed by atoms with van der Waals surface area (Å²) in [6, 6.07) is 6.02. The molecular formula is C17H17F2NO5. The number of alkyl halides is 2. The molecule has 8 heteroatoms. The molecule has 0 bridgehead atoms. The summed E-state index contributed by atoms with van der Waals surface area (Å²) in [5.41, 5.74) is 1.55. The molecule has 0 aliphatic carbocycles. The number of dihydropyridines is 1. The second-order valence-corrected chi connectivity index (χ2v) is 5.47. The van der Waals surface area contributed by atoms with Gasteiger partial charge in [-0.25, -0.2) is 9.59 Å². The number of halogens is 2. The molecule has 25 heavy (non-hydrogen) atoms. The van der Waals surface area contributed by atoms with Crippen LogP contribution < -0.4 is 10.1 Å². The van der Waals surface area contributed by atoms with E-state index in [4.69, 9.17) is 9.47 Å². The van der Waals surface area contributed by atoms with Crippen LogP contribution in [0.2, 0.25) is 0 Å². The third-order valence-corrected chi connectivity index (χ3v) is 4.06. The van der Waals surface area contributed by atoms with Gasteiger partial charge in [-0.2, -0.15) is 8.78 Å². The average Bonchev–Trinajstić information content (AvgIpc) is 2.94. The first-order chi connectivity index (χ1) is 11.9. The van der Waals surface area contributed by atoms with Crippen LogP contribution in [-0.2, 0) is 19.1 Å². The van der Waals surface area contributed by atoms with Crippen LogP contribution in [0.25, 0.3) is 0 Å². The molecule has 2 heterocycles. The maximum atomic E-state index is 12.8. The lowest BCUT2D eigenvalue weighted by atomic mass is 9.80. The monoisotopic (exact) mass is 353 g/mol. The minimum absolute atomic E-state index is 0. The zero-order valence-electron chi connectivity index (χ0n) is 13.5. The van der Waals surface area contributed by atoms with Crippen LogP contribution in [0.15, 0.2) is 46.8 Å². The van der Waals surface area contributed by atoms with E-state index < -0.39 is 24.5 Å². The standard InChI is InChI=1S/C17H15F2NO5.H2/c1-8-12(15(21)23-2)13(14-10(20-8)7-24-16(14)22)9-5-3-4-6-11(9)25-17(18)19;/h3-6,13,17,20H,7H2,1-2H3;1H. The molecule has 0 saturated heterocycles. The Morgan fingerprint density at radius 3 is 2.80 bits per heavy atom. The van der Waals surface area contributed by atoms with Crippen LogP contribution >= 0.6 is 0 Å². The van der Waals surface area contributed by atoms with Crippen LogP contribution in [0.5, 0.6) is 5.75 Å². The van der Waals surface area contributed by atoms with Crippen LogP contribution in [-0.4, -0.2) is 32.3 Å². The lowest BCUT2D eigenvalue weighted by Gasteiger charge is -2.28. The second kappa shape index (κ2) is 6.54. The Morgan fingerprint density at radius 1 is 1.40 bits per heavy atom. The maximum Gasteiger partial charge on any atom is 0.387 e. The van der Waals surface area contributed by atoms with Crippen molar-refractivity contribution < 1.29 is 34.0 Å². The zero-order valence-corrected chi connectivity index (χ0v) is 13.5. The first kappa shape index (κ1) is 16.9. The summed E-state index contributed by atoms with van der Waals surface area (Å²) in [7, 11) is 1.21. The van der Waals surface area contributed by atoms with Crippen LogP contribution in [0.1, 0.15) is 19.8 Å². The van der Waals surface area contributed by atoms with E-state index >= 15 is 0 Å². The Bertz CT molecular complexity index is 806. The summed E-state index contributed by atoms with van der Waals surface area (Å²) in [4.78, 5) is 24.5. The fraction of sp³-hybridized carbons (Fsp3) is 0.294. The molecular weight excluding hydrogens is 336 g/mol. The van der Waals surface area contributed by atoms with Crippen molar-refractivity contribution in [3.05, 3.63) is 52.4 Å². The van der Waals surface area contributed by atoms with Crippen molar-refractivity contribution in [2.75, 3.05) is 13.7 Å². The SMILES string of the molecule is COC(=O)C1=C(C)NC2=C(C(=O)OC2)C1c1ccccc1OC(F)F.[HH]. The number of hydrogen-bond donors (Lipinski definition) is 1. The highest BCUT2D eigenvalue weighted by atomic mass is 19.3. The molecule has 6 nitrogen and oxygen atoms in total. The van der Waals surface area contributed by atoms with Crippen LogP contribution in [0, 0.1) is 0 Å². The van der Waals surface area contributed by atoms with Gasteiger partial charge in [0.15, 0.2) is 0 Å². The van der Waals surface area contributed by atoms with Crippen molar-refractivity contribution in [1.82, 2.24) is 5.32 Å². The fourth-order valence-electron chi connectivity index (χ4n) is 3.08. The van der Waals surface area contributed by atoms with Crippen molar-refractivity contribution in [3.8, 4) is 5.75 Å². The van der Waals surface area contributed by atoms with Crippen molar-refractivity contribution in [1.29, 1.82) is 0 Å². The molecule has 1 atom stereocenters. The number of ether oxygens (including phenoxy) is 3. The third-order valence-electron chi connectivity index (χ3n) is 4.06. The van der Waals surface area contributed by atoms with Gasteiger partial charge in [0.25, 0.3) is 0 Å². The van der Waals surface area contributed by atoms with Gasteiger partial charge in [-0.1, -0.05) is 18.2 Å². The Labute approximate surface area is 143 Å². The molecule has 2 aliphatic rings. The number of cyclic esters (lactones) is 1. The predicted molar refractivity (Wildman–Crippen MR) is 83.8 cm³/mol. The molecule has 1 unspecified atom stereocenters. The van der Waals surface area contributed by atoms with Crippen molar-refractivity contribution in [3.63, 3.8) is 0 Å². The summed E-state index contributed by atoms with van der Waals surface area (Å²) in [6.45, 7) is -1.38. The van der Waals surface area contributed by atoms with Gasteiger partial charge < -0.3 is 19.5 Å². The minimum Gasteiger partial charge on any atom is -0.466 e. The summed E-state index contributed by atoms with van der Waals surface area (Å²) >= 11 is 0. The third kappa shape index (κ3) is 2.95. The van der Waals surface area contributed by atoms with E-state index in [1.165, 1.54) is 25.3 Å². The van der Waals surface area contributed by atoms with Gasteiger partial charge in [0.1, 0.15) is 12.4 Å². The van der Waals surface area contributed by atoms with Crippen molar-refractivity contribution in [2.24, 2.45) is 0 Å². The summed E-state index contributed by atoms with van der Waals surface area (Å²) < 4.78 is 40.0. The molecule has 3 rings (SSSR count). The van der Waals surface area contributed by atoms with Gasteiger partial charge in [0.05, 0.1) is 29.9 Å². The summed E-state index contributed by atoms with van der Waals surface area (Å²) in [5, 5.41) is 2.96. The molecule has 0 fully saturated rings. The first-order valence-electron chi connectivity index (χ1n) is 7.44. The van der Waals surface area contributed by atoms with Gasteiger partial charge in [0.2, 0.25) is 0 Å². The Morgan fingerprint density at radius 2 is 2.12 bits per heavy atom. The molecule has 0 saturated carbocycles. The van der Waals surface area contributed by atoms with Gasteiger partial charge in [-0.15, -0.1) is 0 Å². The Balaban J connectivity index is 0.00000243. The number of carbonyl (C=O) groups is 2. The highest BCUT2D eigenvalue weighted by Crippen LogP contribution is 2.44. The molecule has 0 amide bonds. The Hall–Kier alpha value is -2.90. The number of hydrogen-bond acceptors (Lipinski definition) is 6. The number of nitrogens with one attached hydrogen (secondary N) is 1. The smallest absolute Gasteiger partial charge is 0.387 e. The van der Waals surface area contributed by atoms with E-state index in [9.17, 15) is 18.4 Å². The van der Waals surface area contributed by atoms with Crippen LogP contribution in [0.3, 0.4) is 0 Å². The van der Waals surface area contributed by atoms with E-state index in [0.29, 0.717) is 11.4 Å². The van der Waals surface area contributed by atoms with E-state index in [1.807, 2.05) is 0 Å². The van der Waals surface area contributed by atoms with E-state index in [0.717, 1.165) is 0 Å². The number of rotatable bonds is 4. The number of esters is 2. The quantitative estimate of drug-likeness (QED) is 0.839. The second-order valence-electron chi connectivity index (χ2n) is 5.47. The predicted octanol–water partition coefficient (Wildman–Crippen LogP) is 2.48. The molecule has 0 radical (unpaired) electrons. The van der Waals surface area contributed by atoms with Crippen LogP contribution in [0.4, 0.5) is 8.78 Å². The number of methoxy groups -OCH3 is 1. The highest BCUT2D eigenvalue weighted by Gasteiger charge is 2.42. The normalized spacial score (nSPS) is 19.6. The molecule has 2 aliphatic heterocycles. The van der Waals surface area contributed by atoms with Crippen molar-refractivity contribution in [2.45, 2.75) is 19.5 Å². The van der Waals surface area contributed by atoms with Gasteiger partial charge in [-0.3, -0.25) is 0 Å². The zero-order chi connectivity index (χ0) is 18.1. The number of benzene rings is 1. The molecule has 0 spiro atoms. The topological polar surface area (TPSA) is 73.9 Å². The molecule has 134 valence electrons. The summed E-state index contributed by atoms with van der Waals surface area (Å²) in [6.07, 6.45) is 0. The molecule has 1 N–H and O–H groups in total. The number of para-hydroxylation sites is 1. The van der Waals surface area contributed by atoms with Gasteiger partial charge in [0, 0.05) is 12.7 Å². The van der Waals surface area contributed by atoms with E-state index in [1.54, 1.807) is 13.0 Å². The first-order valence-corrected chi connectivity index (χ1v) is 7.44. The number of allylic oxidation sites excluding steroid dienone is 1. The average molecular weight is 353 g/mol. The summed E-state index contributed by atoms with van der Waals surface area (Å²) in [5.74, 6) is -2.33. The lowest BCUT2D eigenvalue weighted by molar-refractivity contribution is -0.136. The van der Waals surface area contributed by atoms with Gasteiger partial charge >= 0.3 is 18.6 Å². The fourth-order valence-corrected chi connectivity index (χ4v) is 3.08. The molecule has 1 aromatic rings. The largest absolute Gasteiger partial charge is 0.466 e. The van der Waals surface area contributed by atoms with E-state index in [2.05, 4.69) is 10.1 Å². The van der Waals surface area contributed by atoms with Crippen molar-refractivity contribution >= 4 is 11.9 Å². The van der Waals surface area contributed by atoms with Gasteiger partial charge in [-0.05, 0) is 13.0 Å². The lowest BCUT2D eigenvalue weighted by Crippen LogP contribution is -2.30. The molecule has 1 aromatic carbocycles. The molecule has 0 aromatic heterocycles. The van der Waals surface area contributed by atoms with E-state index in [-0.39, 0.29) is 30.5 Å².